The smallest absolute Gasteiger partial charge is 0.306 e. The number of carboxylic acid groups (broad SMARTS) is 1. The third-order valence-corrected chi connectivity index (χ3v) is 14.5. The van der Waals surface area contributed by atoms with Crippen molar-refractivity contribution in [3.63, 3.8) is 0 Å². The number of carbonyl (C=O) groups is 3. The third-order valence-electron chi connectivity index (χ3n) is 14.5. The summed E-state index contributed by atoms with van der Waals surface area (Å²) in [5.41, 5.74) is 0. The number of nitrogens with zero attached hydrogens (tertiary/aromatic N) is 1. The summed E-state index contributed by atoms with van der Waals surface area (Å²) in [5, 5.41) is 11.8. The molecule has 0 aromatic carbocycles. The van der Waals surface area contributed by atoms with Crippen LogP contribution in [-0.2, 0) is 33.3 Å². The first kappa shape index (κ1) is 79.0. The van der Waals surface area contributed by atoms with Crippen LogP contribution in [0.4, 0.5) is 0 Å². The first-order valence-electron chi connectivity index (χ1n) is 34.0. The highest BCUT2D eigenvalue weighted by molar-refractivity contribution is 5.70. The predicted octanol–water partition coefficient (Wildman–Crippen LogP) is 19.7. The van der Waals surface area contributed by atoms with E-state index in [1.165, 1.54) is 154 Å². The van der Waals surface area contributed by atoms with Gasteiger partial charge in [0.1, 0.15) is 13.2 Å². The van der Waals surface area contributed by atoms with Crippen LogP contribution >= 0.6 is 0 Å². The molecule has 9 nitrogen and oxygen atoms in total. The molecule has 0 fully saturated rings. The van der Waals surface area contributed by atoms with Crippen molar-refractivity contribution in [2.45, 2.75) is 296 Å². The standard InChI is InChI=1S/C74H127NO8/c1-6-8-10-12-14-16-18-20-22-24-26-28-30-32-34-35-36-37-39-41-43-45-47-49-51-53-55-57-59-61-63-65-72(77)83-70(69-82-74(73(78)79)80-67-66-75(3,4)5)68-81-71(76)64-62-60-58-56-54-52-50-48-46-44-42-40-38-33-31-29-27-25-23-21-19-17-15-13-11-9-7-2/h8-11,14-17,20-23,26-29,32,34,70,74H,6-7,12-13,18-19,24-25,30-31,33,35-69H2,1-5H3/b10-8-,11-9-,16-14-,17-15-,22-20-,23-21-,28-26-,29-27-,34-32-. The number of rotatable bonds is 62. The van der Waals surface area contributed by atoms with Crippen molar-refractivity contribution in [2.75, 3.05) is 47.5 Å². The molecule has 0 bridgehead atoms. The largest absolute Gasteiger partial charge is 0.545 e. The molecule has 0 saturated carbocycles. The number of aliphatic carboxylic acids is 1. The summed E-state index contributed by atoms with van der Waals surface area (Å²) in [4.78, 5) is 37.5. The highest BCUT2D eigenvalue weighted by Crippen LogP contribution is 2.17. The van der Waals surface area contributed by atoms with Gasteiger partial charge in [-0.2, -0.15) is 0 Å². The molecule has 2 atom stereocenters. The number of ether oxygens (including phenoxy) is 4. The molecule has 0 aromatic heterocycles. The van der Waals surface area contributed by atoms with Crippen molar-refractivity contribution < 1.29 is 42.9 Å². The van der Waals surface area contributed by atoms with E-state index in [4.69, 9.17) is 18.9 Å². The Morgan fingerprint density at radius 3 is 0.964 bits per heavy atom. The zero-order chi connectivity index (χ0) is 60.5. The minimum atomic E-state index is -1.63. The van der Waals surface area contributed by atoms with Crippen LogP contribution in [-0.4, -0.2) is 82.3 Å². The molecule has 0 aliphatic heterocycles. The lowest BCUT2D eigenvalue weighted by Crippen LogP contribution is -2.44. The van der Waals surface area contributed by atoms with Gasteiger partial charge in [-0.1, -0.05) is 284 Å². The van der Waals surface area contributed by atoms with Gasteiger partial charge in [-0.25, -0.2) is 0 Å². The Balaban J connectivity index is 4.13. The average Bonchev–Trinajstić information content (AvgIpc) is 3.46. The number of hydrogen-bond donors (Lipinski definition) is 0. The Bertz CT molecular complexity index is 1730. The van der Waals surface area contributed by atoms with E-state index < -0.39 is 24.3 Å². The normalized spacial score (nSPS) is 13.4. The van der Waals surface area contributed by atoms with E-state index in [-0.39, 0.29) is 38.6 Å². The van der Waals surface area contributed by atoms with E-state index in [0.717, 1.165) is 96.3 Å². The van der Waals surface area contributed by atoms with Crippen molar-refractivity contribution in [3.8, 4) is 0 Å². The number of unbranched alkanes of at least 4 members (excludes halogenated alkanes) is 29. The van der Waals surface area contributed by atoms with Crippen molar-refractivity contribution in [3.05, 3.63) is 109 Å². The summed E-state index contributed by atoms with van der Waals surface area (Å²) in [6.45, 7) is 4.54. The molecule has 0 amide bonds. The van der Waals surface area contributed by atoms with Crippen LogP contribution in [0.1, 0.15) is 284 Å². The molecule has 0 aliphatic rings. The minimum absolute atomic E-state index is 0.144. The van der Waals surface area contributed by atoms with Gasteiger partial charge in [0.25, 0.3) is 0 Å². The summed E-state index contributed by atoms with van der Waals surface area (Å²) >= 11 is 0. The molecule has 0 N–H and O–H groups in total. The number of carbonyl (C=O) groups excluding carboxylic acids is 3. The second-order valence-corrected chi connectivity index (χ2v) is 23.7. The van der Waals surface area contributed by atoms with Crippen LogP contribution in [0.3, 0.4) is 0 Å². The molecule has 2 unspecified atom stereocenters. The topological polar surface area (TPSA) is 111 Å². The molecule has 0 aromatic rings. The van der Waals surface area contributed by atoms with E-state index in [1.54, 1.807) is 0 Å². The molecule has 0 heterocycles. The summed E-state index contributed by atoms with van der Waals surface area (Å²) in [7, 11) is 5.93. The van der Waals surface area contributed by atoms with E-state index in [2.05, 4.69) is 123 Å². The number of likely N-dealkylation sites (N-methyl/N-ethyl adjacent to an activating group) is 1. The maximum absolute atomic E-state index is 12.9. The molecule has 476 valence electrons. The van der Waals surface area contributed by atoms with Crippen LogP contribution in [0, 0.1) is 0 Å². The van der Waals surface area contributed by atoms with Crippen molar-refractivity contribution in [1.82, 2.24) is 0 Å². The fraction of sp³-hybridized carbons (Fsp3) is 0.716. The second kappa shape index (κ2) is 64.0. The van der Waals surface area contributed by atoms with Gasteiger partial charge >= 0.3 is 11.9 Å². The lowest BCUT2D eigenvalue weighted by molar-refractivity contribution is -0.870. The van der Waals surface area contributed by atoms with Gasteiger partial charge in [0, 0.05) is 12.8 Å². The quantitative estimate of drug-likeness (QED) is 0.0195. The van der Waals surface area contributed by atoms with Crippen LogP contribution in [0.5, 0.6) is 0 Å². The maximum Gasteiger partial charge on any atom is 0.306 e. The highest BCUT2D eigenvalue weighted by Gasteiger charge is 2.22. The fourth-order valence-corrected chi connectivity index (χ4v) is 9.38. The van der Waals surface area contributed by atoms with E-state index in [9.17, 15) is 19.5 Å². The Morgan fingerprint density at radius 2 is 0.651 bits per heavy atom. The molecular weight excluding hydrogens is 1030 g/mol. The first-order chi connectivity index (χ1) is 40.6. The summed E-state index contributed by atoms with van der Waals surface area (Å²) in [6, 6.07) is 0. The van der Waals surface area contributed by atoms with Crippen molar-refractivity contribution in [1.29, 1.82) is 0 Å². The van der Waals surface area contributed by atoms with Gasteiger partial charge in [-0.3, -0.25) is 9.59 Å². The van der Waals surface area contributed by atoms with Crippen LogP contribution in [0.15, 0.2) is 109 Å². The molecule has 0 saturated heterocycles. The predicted molar refractivity (Wildman–Crippen MR) is 352 cm³/mol. The van der Waals surface area contributed by atoms with Crippen LogP contribution < -0.4 is 5.11 Å². The number of esters is 2. The summed E-state index contributed by atoms with van der Waals surface area (Å²) in [5.74, 6) is -2.28. The lowest BCUT2D eigenvalue weighted by Gasteiger charge is -2.26. The minimum Gasteiger partial charge on any atom is -0.545 e. The van der Waals surface area contributed by atoms with Gasteiger partial charge in [0.05, 0.1) is 40.3 Å². The number of quaternary nitrogens is 1. The number of hydrogen-bond acceptors (Lipinski definition) is 8. The zero-order valence-corrected chi connectivity index (χ0v) is 54.3. The van der Waals surface area contributed by atoms with E-state index in [0.29, 0.717) is 17.4 Å². The Morgan fingerprint density at radius 1 is 0.361 bits per heavy atom. The summed E-state index contributed by atoms with van der Waals surface area (Å²) in [6.07, 6.45) is 85.9. The summed E-state index contributed by atoms with van der Waals surface area (Å²) < 4.78 is 22.8. The van der Waals surface area contributed by atoms with Crippen LogP contribution in [0.2, 0.25) is 0 Å². The Labute approximate surface area is 511 Å². The molecule has 9 heteroatoms. The molecule has 0 rings (SSSR count). The highest BCUT2D eigenvalue weighted by atomic mass is 16.7. The van der Waals surface area contributed by atoms with E-state index in [1.807, 2.05) is 21.1 Å². The number of carboxylic acids is 1. The van der Waals surface area contributed by atoms with Gasteiger partial charge in [-0.15, -0.1) is 0 Å². The van der Waals surface area contributed by atoms with Crippen LogP contribution in [0.25, 0.3) is 0 Å². The van der Waals surface area contributed by atoms with Gasteiger partial charge < -0.3 is 33.3 Å². The molecule has 0 aliphatic carbocycles. The lowest BCUT2D eigenvalue weighted by atomic mass is 10.0. The molecule has 0 radical (unpaired) electrons. The molecular formula is C74H127NO8. The third kappa shape index (κ3) is 65.3. The SMILES string of the molecule is CC/C=C\C/C=C\C/C=C\C/C=C\C/C=C\CCCCCCCCCCCCCCCCCC(=O)OC(COC(=O)CCCCCCCCCCCCCCCC/C=C\C/C=C\C/C=C\C/C=C\CC)COC(OCC[N+](C)(C)C)C(=O)[O-]. The first-order valence-corrected chi connectivity index (χ1v) is 34.0. The van der Waals surface area contributed by atoms with E-state index >= 15 is 0 Å². The Hall–Kier alpha value is -4.05. The zero-order valence-electron chi connectivity index (χ0n) is 54.3. The average molecular weight is 1160 g/mol. The monoisotopic (exact) mass is 1160 g/mol. The fourth-order valence-electron chi connectivity index (χ4n) is 9.38. The van der Waals surface area contributed by atoms with Gasteiger partial charge in [0.2, 0.25) is 0 Å². The van der Waals surface area contributed by atoms with Crippen molar-refractivity contribution >= 4 is 17.9 Å². The van der Waals surface area contributed by atoms with Crippen molar-refractivity contribution in [2.24, 2.45) is 0 Å². The van der Waals surface area contributed by atoms with Gasteiger partial charge in [0.15, 0.2) is 12.4 Å². The van der Waals surface area contributed by atoms with Gasteiger partial charge in [-0.05, 0) is 96.3 Å². The molecule has 83 heavy (non-hydrogen) atoms. The Kier molecular flexibility index (Phi) is 60.8. The molecule has 0 spiro atoms. The maximum atomic E-state index is 12.9. The second-order valence-electron chi connectivity index (χ2n) is 23.7. The number of allylic oxidation sites excluding steroid dienone is 18.